The Hall–Kier alpha value is -7.96. The van der Waals surface area contributed by atoms with Gasteiger partial charge in [-0.25, -0.2) is 9.59 Å². The molecule has 0 aromatic heterocycles. The molecule has 0 aliphatic carbocycles. The second-order valence-corrected chi connectivity index (χ2v) is 13.9. The lowest BCUT2D eigenvalue weighted by Crippen LogP contribution is -2.12. The molecule has 0 saturated carbocycles. The molecule has 2 N–H and O–H groups in total. The molecule has 0 aliphatic heterocycles. The molecule has 0 spiro atoms. The van der Waals surface area contributed by atoms with E-state index in [9.17, 15) is 19.8 Å². The number of aromatic carboxylic acids is 2. The number of anilines is 6. The van der Waals surface area contributed by atoms with E-state index < -0.39 is 11.9 Å². The lowest BCUT2D eigenvalue weighted by molar-refractivity contribution is 0.0687. The number of carbonyl (C=O) groups is 2. The predicted molar refractivity (Wildman–Crippen MR) is 236 cm³/mol. The van der Waals surface area contributed by atoms with Gasteiger partial charge in [-0.2, -0.15) is 0 Å². The summed E-state index contributed by atoms with van der Waals surface area (Å²) in [5.74, 6) is -2.06. The van der Waals surface area contributed by atoms with Crippen LogP contribution in [0.4, 0.5) is 34.1 Å². The van der Waals surface area contributed by atoms with E-state index in [1.807, 2.05) is 109 Å². The number of rotatable bonds is 10. The number of benzene rings is 9. The van der Waals surface area contributed by atoms with E-state index in [-0.39, 0.29) is 11.1 Å². The predicted octanol–water partition coefficient (Wildman–Crippen LogP) is 13.7. The van der Waals surface area contributed by atoms with Crippen molar-refractivity contribution in [2.75, 3.05) is 9.80 Å². The summed E-state index contributed by atoms with van der Waals surface area (Å²) in [6.07, 6.45) is 0. The van der Waals surface area contributed by atoms with Crippen LogP contribution in [-0.4, -0.2) is 22.2 Å². The first-order valence-electron chi connectivity index (χ1n) is 19.0. The molecule has 0 unspecified atom stereocenters. The minimum Gasteiger partial charge on any atom is -0.478 e. The lowest BCUT2D eigenvalue weighted by Gasteiger charge is -2.29. The van der Waals surface area contributed by atoms with Crippen molar-refractivity contribution in [2.24, 2.45) is 0 Å². The van der Waals surface area contributed by atoms with Crippen LogP contribution in [0.15, 0.2) is 206 Å². The second kappa shape index (κ2) is 15.3. The largest absolute Gasteiger partial charge is 0.478 e. The number of carboxylic acids is 2. The van der Waals surface area contributed by atoms with E-state index in [4.69, 9.17) is 0 Å². The van der Waals surface area contributed by atoms with Gasteiger partial charge in [0, 0.05) is 34.1 Å². The Labute approximate surface area is 335 Å². The molecule has 0 atom stereocenters. The zero-order valence-corrected chi connectivity index (χ0v) is 31.2. The monoisotopic (exact) mass is 752 g/mol. The van der Waals surface area contributed by atoms with Gasteiger partial charge in [-0.15, -0.1) is 0 Å². The van der Waals surface area contributed by atoms with E-state index >= 15 is 0 Å². The van der Waals surface area contributed by atoms with E-state index in [1.165, 1.54) is 0 Å². The highest BCUT2D eigenvalue weighted by molar-refractivity contribution is 6.24. The zero-order chi connectivity index (χ0) is 39.6. The maximum Gasteiger partial charge on any atom is 0.336 e. The molecular weight excluding hydrogens is 717 g/mol. The normalized spacial score (nSPS) is 11.0. The molecular formula is C52H36N2O4. The highest BCUT2D eigenvalue weighted by atomic mass is 16.4. The summed E-state index contributed by atoms with van der Waals surface area (Å²) < 4.78 is 0. The van der Waals surface area contributed by atoms with Gasteiger partial charge in [0.05, 0.1) is 11.1 Å². The van der Waals surface area contributed by atoms with E-state index in [2.05, 4.69) is 82.6 Å². The molecule has 9 rings (SSSR count). The summed E-state index contributed by atoms with van der Waals surface area (Å²) in [7, 11) is 0. The third-order valence-corrected chi connectivity index (χ3v) is 10.5. The summed E-state index contributed by atoms with van der Waals surface area (Å²) in [5, 5.41) is 24.1. The number of hydrogen-bond acceptors (Lipinski definition) is 4. The van der Waals surface area contributed by atoms with Crippen LogP contribution < -0.4 is 9.80 Å². The van der Waals surface area contributed by atoms with Gasteiger partial charge in [0.1, 0.15) is 0 Å². The standard InChI is InChI=1S/C52H36N2O4/c55-51(56)46-26-14-12-24-43(46)49-41-22-10-11-23-42(41)50(44-25-13-15-27-47(44)52(57)58)48-34-40(32-33-45(48)49)54(37-20-8-3-9-21-37)39-30-28-38(29-31-39)53(35-16-4-1-5-17-35)36-18-6-2-7-19-36/h1-34H,(H,55,56)(H,57,58). The summed E-state index contributed by atoms with van der Waals surface area (Å²) in [6, 6.07) is 67.3. The van der Waals surface area contributed by atoms with Crippen molar-refractivity contribution in [1.29, 1.82) is 0 Å². The van der Waals surface area contributed by atoms with Crippen LogP contribution in [0, 0.1) is 0 Å². The van der Waals surface area contributed by atoms with Gasteiger partial charge in [0.25, 0.3) is 0 Å². The fraction of sp³-hybridized carbons (Fsp3) is 0. The molecule has 0 bridgehead atoms. The molecule has 0 saturated heterocycles. The van der Waals surface area contributed by atoms with Gasteiger partial charge in [0.2, 0.25) is 0 Å². The highest BCUT2D eigenvalue weighted by Gasteiger charge is 2.24. The Kier molecular flexibility index (Phi) is 9.42. The van der Waals surface area contributed by atoms with Gasteiger partial charge in [0.15, 0.2) is 0 Å². The summed E-state index contributed by atoms with van der Waals surface area (Å²) in [6.45, 7) is 0. The molecule has 0 heterocycles. The SMILES string of the molecule is O=C(O)c1ccccc1-c1c2ccccc2c(-c2ccccc2C(=O)O)c2cc(N(c3ccccc3)c3ccc(N(c4ccccc4)c4ccccc4)cc3)ccc12. The number of hydrogen-bond donors (Lipinski definition) is 2. The summed E-state index contributed by atoms with van der Waals surface area (Å²) >= 11 is 0. The zero-order valence-electron chi connectivity index (χ0n) is 31.2. The Morgan fingerprint density at radius 1 is 0.310 bits per heavy atom. The van der Waals surface area contributed by atoms with Gasteiger partial charge in [-0.3, -0.25) is 0 Å². The van der Waals surface area contributed by atoms with Gasteiger partial charge in [-0.1, -0.05) is 121 Å². The van der Waals surface area contributed by atoms with Gasteiger partial charge in [-0.05, 0) is 129 Å². The molecule has 6 nitrogen and oxygen atoms in total. The summed E-state index contributed by atoms with van der Waals surface area (Å²) in [5.41, 5.74) is 8.80. The van der Waals surface area contributed by atoms with Gasteiger partial charge < -0.3 is 20.0 Å². The minimum absolute atomic E-state index is 0.176. The van der Waals surface area contributed by atoms with E-state index in [1.54, 1.807) is 24.3 Å². The van der Waals surface area contributed by atoms with Crippen molar-refractivity contribution in [2.45, 2.75) is 0 Å². The first-order valence-corrected chi connectivity index (χ1v) is 19.0. The first-order chi connectivity index (χ1) is 28.5. The summed E-state index contributed by atoms with van der Waals surface area (Å²) in [4.78, 5) is 29.9. The third-order valence-electron chi connectivity index (χ3n) is 10.5. The fourth-order valence-corrected chi connectivity index (χ4v) is 8.04. The van der Waals surface area contributed by atoms with Crippen molar-refractivity contribution in [1.82, 2.24) is 0 Å². The van der Waals surface area contributed by atoms with Crippen LogP contribution in [0.25, 0.3) is 43.8 Å². The van der Waals surface area contributed by atoms with Crippen molar-refractivity contribution >= 4 is 67.6 Å². The van der Waals surface area contributed by atoms with Crippen LogP contribution >= 0.6 is 0 Å². The topological polar surface area (TPSA) is 81.1 Å². The highest BCUT2D eigenvalue weighted by Crippen LogP contribution is 2.48. The van der Waals surface area contributed by atoms with Crippen LogP contribution in [-0.2, 0) is 0 Å². The number of para-hydroxylation sites is 3. The van der Waals surface area contributed by atoms with E-state index in [0.717, 1.165) is 66.8 Å². The molecule has 0 radical (unpaired) electrons. The molecule has 0 amide bonds. The number of fused-ring (bicyclic) bond motifs is 2. The second-order valence-electron chi connectivity index (χ2n) is 13.9. The van der Waals surface area contributed by atoms with Crippen LogP contribution in [0.5, 0.6) is 0 Å². The molecule has 278 valence electrons. The molecule has 0 aliphatic rings. The maximum atomic E-state index is 12.8. The number of carboxylic acid groups (broad SMARTS) is 2. The van der Waals surface area contributed by atoms with Crippen LogP contribution in [0.3, 0.4) is 0 Å². The van der Waals surface area contributed by atoms with Gasteiger partial charge >= 0.3 is 11.9 Å². The van der Waals surface area contributed by atoms with E-state index in [0.29, 0.717) is 11.1 Å². The lowest BCUT2D eigenvalue weighted by atomic mass is 9.83. The fourth-order valence-electron chi connectivity index (χ4n) is 8.04. The Morgan fingerprint density at radius 2 is 0.621 bits per heavy atom. The maximum absolute atomic E-state index is 12.8. The average molecular weight is 753 g/mol. The van der Waals surface area contributed by atoms with Crippen molar-refractivity contribution in [3.8, 4) is 22.3 Å². The smallest absolute Gasteiger partial charge is 0.336 e. The molecule has 0 fully saturated rings. The average Bonchev–Trinajstić information content (AvgIpc) is 3.27. The van der Waals surface area contributed by atoms with Crippen LogP contribution in [0.2, 0.25) is 0 Å². The number of nitrogens with zero attached hydrogens (tertiary/aromatic N) is 2. The first kappa shape index (κ1) is 35.7. The Balaban J connectivity index is 1.30. The minimum atomic E-state index is -1.03. The molecule has 58 heavy (non-hydrogen) atoms. The quantitative estimate of drug-likeness (QED) is 0.135. The Morgan fingerprint density at radius 3 is 1.05 bits per heavy atom. The van der Waals surface area contributed by atoms with Crippen molar-refractivity contribution in [3.05, 3.63) is 217 Å². The molecule has 6 heteroatoms. The van der Waals surface area contributed by atoms with Crippen LogP contribution in [0.1, 0.15) is 20.7 Å². The molecule has 9 aromatic carbocycles. The molecule has 9 aromatic rings. The van der Waals surface area contributed by atoms with Crippen molar-refractivity contribution in [3.63, 3.8) is 0 Å². The van der Waals surface area contributed by atoms with Crippen molar-refractivity contribution < 1.29 is 19.8 Å². The third kappa shape index (κ3) is 6.48. The Bertz CT molecular complexity index is 2910.